The van der Waals surface area contributed by atoms with Gasteiger partial charge in [-0.05, 0) is 45.0 Å². The molecule has 2 amide bonds. The van der Waals surface area contributed by atoms with Crippen molar-refractivity contribution in [2.75, 3.05) is 26.2 Å². The number of imidazole rings is 1. The van der Waals surface area contributed by atoms with E-state index in [0.29, 0.717) is 31.7 Å². The van der Waals surface area contributed by atoms with Crippen LogP contribution in [0.4, 0.5) is 4.79 Å². The Morgan fingerprint density at radius 1 is 1.00 bits per heavy atom. The van der Waals surface area contributed by atoms with Crippen LogP contribution in [0.2, 0.25) is 0 Å². The minimum absolute atomic E-state index is 0.0222. The summed E-state index contributed by atoms with van der Waals surface area (Å²) in [6.45, 7) is 7.50. The number of piperazine rings is 1. The van der Waals surface area contributed by atoms with Crippen molar-refractivity contribution in [1.29, 1.82) is 0 Å². The molecule has 1 aliphatic heterocycles. The molecule has 0 unspecified atom stereocenters. The molecule has 0 N–H and O–H groups in total. The molecule has 1 aliphatic rings. The van der Waals surface area contributed by atoms with Crippen molar-refractivity contribution in [1.82, 2.24) is 19.4 Å². The van der Waals surface area contributed by atoms with Gasteiger partial charge in [-0.15, -0.1) is 0 Å². The molecule has 2 aromatic rings. The van der Waals surface area contributed by atoms with Gasteiger partial charge >= 0.3 is 6.09 Å². The zero-order valence-corrected chi connectivity index (χ0v) is 15.4. The Morgan fingerprint density at radius 2 is 1.62 bits per heavy atom. The fraction of sp³-hybridized carbons (Fsp3) is 0.421. The van der Waals surface area contributed by atoms with Gasteiger partial charge in [0.2, 0.25) is 0 Å². The van der Waals surface area contributed by atoms with E-state index in [4.69, 9.17) is 4.74 Å². The molecule has 1 fully saturated rings. The molecule has 7 heteroatoms. The van der Waals surface area contributed by atoms with Gasteiger partial charge in [-0.3, -0.25) is 4.79 Å². The standard InChI is InChI=1S/C19H24N4O3/c1-19(2,3)26-18(25)22-12-10-21(11-13-22)17(24)15-4-6-16(7-5-15)23-9-8-20-14-23/h4-9,14H,10-13H2,1-3H3. The summed E-state index contributed by atoms with van der Waals surface area (Å²) < 4.78 is 7.27. The van der Waals surface area contributed by atoms with Crippen LogP contribution in [0.5, 0.6) is 0 Å². The number of hydrogen-bond acceptors (Lipinski definition) is 4. The average molecular weight is 356 g/mol. The van der Waals surface area contributed by atoms with Crippen molar-refractivity contribution in [2.45, 2.75) is 26.4 Å². The van der Waals surface area contributed by atoms with E-state index in [9.17, 15) is 9.59 Å². The van der Waals surface area contributed by atoms with Gasteiger partial charge in [0.15, 0.2) is 0 Å². The van der Waals surface area contributed by atoms with Crippen molar-refractivity contribution >= 4 is 12.0 Å². The molecule has 1 aromatic carbocycles. The SMILES string of the molecule is CC(C)(C)OC(=O)N1CCN(C(=O)c2ccc(-n3ccnc3)cc2)CC1. The molecule has 26 heavy (non-hydrogen) atoms. The van der Waals surface area contributed by atoms with Crippen LogP contribution in [-0.4, -0.2) is 63.1 Å². The second kappa shape index (κ2) is 7.19. The zero-order valence-electron chi connectivity index (χ0n) is 15.4. The number of amides is 2. The van der Waals surface area contributed by atoms with Gasteiger partial charge < -0.3 is 19.1 Å². The quantitative estimate of drug-likeness (QED) is 0.829. The van der Waals surface area contributed by atoms with Crippen LogP contribution < -0.4 is 0 Å². The topological polar surface area (TPSA) is 67.7 Å². The lowest BCUT2D eigenvalue weighted by Crippen LogP contribution is -2.51. The first kappa shape index (κ1) is 18.0. The number of rotatable bonds is 2. The highest BCUT2D eigenvalue weighted by molar-refractivity contribution is 5.94. The first-order chi connectivity index (χ1) is 12.3. The molecule has 0 radical (unpaired) electrons. The molecule has 3 rings (SSSR count). The molecule has 0 saturated carbocycles. The van der Waals surface area contributed by atoms with Gasteiger partial charge in [0, 0.05) is 49.8 Å². The largest absolute Gasteiger partial charge is 0.444 e. The molecule has 1 saturated heterocycles. The van der Waals surface area contributed by atoms with Crippen molar-refractivity contribution in [3.8, 4) is 5.69 Å². The zero-order chi connectivity index (χ0) is 18.7. The number of carbonyl (C=O) groups is 2. The fourth-order valence-corrected chi connectivity index (χ4v) is 2.79. The molecule has 0 atom stereocenters. The Hall–Kier alpha value is -2.83. The van der Waals surface area contributed by atoms with Crippen LogP contribution in [0.3, 0.4) is 0 Å². The summed E-state index contributed by atoms with van der Waals surface area (Å²) in [7, 11) is 0. The summed E-state index contributed by atoms with van der Waals surface area (Å²) in [6.07, 6.45) is 4.96. The maximum Gasteiger partial charge on any atom is 0.410 e. The highest BCUT2D eigenvalue weighted by Crippen LogP contribution is 2.15. The second-order valence-corrected chi connectivity index (χ2v) is 7.28. The Bertz CT molecular complexity index is 755. The monoisotopic (exact) mass is 356 g/mol. The summed E-state index contributed by atoms with van der Waals surface area (Å²) in [6, 6.07) is 7.42. The Morgan fingerprint density at radius 3 is 2.15 bits per heavy atom. The molecule has 0 bridgehead atoms. The summed E-state index contributed by atoms with van der Waals surface area (Å²) in [5.41, 5.74) is 1.08. The molecule has 7 nitrogen and oxygen atoms in total. The number of carbonyl (C=O) groups excluding carboxylic acids is 2. The second-order valence-electron chi connectivity index (χ2n) is 7.28. The highest BCUT2D eigenvalue weighted by Gasteiger charge is 2.28. The first-order valence-electron chi connectivity index (χ1n) is 8.69. The predicted octanol–water partition coefficient (Wildman–Crippen LogP) is 2.57. The molecule has 0 aliphatic carbocycles. The number of ether oxygens (including phenoxy) is 1. The maximum absolute atomic E-state index is 12.7. The smallest absolute Gasteiger partial charge is 0.410 e. The van der Waals surface area contributed by atoms with Crippen LogP contribution in [-0.2, 0) is 4.74 Å². The van der Waals surface area contributed by atoms with Crippen molar-refractivity contribution in [3.05, 3.63) is 48.5 Å². The molecule has 1 aromatic heterocycles. The third-order valence-corrected chi connectivity index (χ3v) is 4.14. The maximum atomic E-state index is 12.7. The Labute approximate surface area is 153 Å². The minimum Gasteiger partial charge on any atom is -0.444 e. The van der Waals surface area contributed by atoms with E-state index in [-0.39, 0.29) is 12.0 Å². The molecular weight excluding hydrogens is 332 g/mol. The van der Waals surface area contributed by atoms with Gasteiger partial charge in [0.05, 0.1) is 6.33 Å². The van der Waals surface area contributed by atoms with E-state index in [1.54, 1.807) is 22.3 Å². The first-order valence-corrected chi connectivity index (χ1v) is 8.69. The molecular formula is C19H24N4O3. The third-order valence-electron chi connectivity index (χ3n) is 4.14. The number of hydrogen-bond donors (Lipinski definition) is 0. The third kappa shape index (κ3) is 4.22. The number of aromatic nitrogens is 2. The Kier molecular flexibility index (Phi) is 4.97. The molecule has 2 heterocycles. The lowest BCUT2D eigenvalue weighted by molar-refractivity contribution is 0.0141. The van der Waals surface area contributed by atoms with Gasteiger partial charge in [0.1, 0.15) is 5.60 Å². The van der Waals surface area contributed by atoms with Crippen molar-refractivity contribution in [2.24, 2.45) is 0 Å². The summed E-state index contributed by atoms with van der Waals surface area (Å²) in [5, 5.41) is 0. The van der Waals surface area contributed by atoms with Crippen molar-refractivity contribution in [3.63, 3.8) is 0 Å². The number of benzene rings is 1. The van der Waals surface area contributed by atoms with E-state index in [1.807, 2.05) is 55.8 Å². The highest BCUT2D eigenvalue weighted by atomic mass is 16.6. The van der Waals surface area contributed by atoms with Crippen LogP contribution in [0, 0.1) is 0 Å². The minimum atomic E-state index is -0.513. The van der Waals surface area contributed by atoms with Gasteiger partial charge in [0.25, 0.3) is 5.91 Å². The van der Waals surface area contributed by atoms with Crippen LogP contribution in [0.25, 0.3) is 5.69 Å². The van der Waals surface area contributed by atoms with Gasteiger partial charge in [-0.25, -0.2) is 9.78 Å². The lowest BCUT2D eigenvalue weighted by atomic mass is 10.1. The van der Waals surface area contributed by atoms with E-state index in [0.717, 1.165) is 5.69 Å². The predicted molar refractivity (Wildman–Crippen MR) is 97.3 cm³/mol. The van der Waals surface area contributed by atoms with Crippen LogP contribution in [0.1, 0.15) is 31.1 Å². The molecule has 0 spiro atoms. The van der Waals surface area contributed by atoms with E-state index in [1.165, 1.54) is 0 Å². The average Bonchev–Trinajstić information content (AvgIpc) is 3.14. The van der Waals surface area contributed by atoms with Gasteiger partial charge in [-0.1, -0.05) is 0 Å². The van der Waals surface area contributed by atoms with E-state index in [2.05, 4.69) is 4.98 Å². The van der Waals surface area contributed by atoms with Gasteiger partial charge in [-0.2, -0.15) is 0 Å². The normalized spacial score (nSPS) is 15.0. The number of nitrogens with zero attached hydrogens (tertiary/aromatic N) is 4. The van der Waals surface area contributed by atoms with Crippen LogP contribution in [0.15, 0.2) is 43.0 Å². The lowest BCUT2D eigenvalue weighted by Gasteiger charge is -2.35. The van der Waals surface area contributed by atoms with Crippen LogP contribution >= 0.6 is 0 Å². The Balaban J connectivity index is 1.57. The fourth-order valence-electron chi connectivity index (χ4n) is 2.79. The summed E-state index contributed by atoms with van der Waals surface area (Å²) in [4.78, 5) is 32.2. The summed E-state index contributed by atoms with van der Waals surface area (Å²) >= 11 is 0. The van der Waals surface area contributed by atoms with E-state index < -0.39 is 5.60 Å². The molecule has 138 valence electrons. The van der Waals surface area contributed by atoms with Crippen molar-refractivity contribution < 1.29 is 14.3 Å². The van der Waals surface area contributed by atoms with E-state index >= 15 is 0 Å². The summed E-state index contributed by atoms with van der Waals surface area (Å²) in [5.74, 6) is -0.0222.